The van der Waals surface area contributed by atoms with E-state index in [9.17, 15) is 4.79 Å². The molecule has 5 nitrogen and oxygen atoms in total. The van der Waals surface area contributed by atoms with Gasteiger partial charge in [-0.1, -0.05) is 43.8 Å². The zero-order valence-corrected chi connectivity index (χ0v) is 13.5. The first-order valence-corrected chi connectivity index (χ1v) is 7.80. The highest BCUT2D eigenvalue weighted by Crippen LogP contribution is 2.22. The number of nitrogens with zero attached hydrogens (tertiary/aromatic N) is 2. The molecule has 0 bridgehead atoms. The number of aromatic nitrogens is 3. The summed E-state index contributed by atoms with van der Waals surface area (Å²) in [6.07, 6.45) is 0. The van der Waals surface area contributed by atoms with Crippen LogP contribution in [0.1, 0.15) is 38.1 Å². The number of rotatable bonds is 5. The van der Waals surface area contributed by atoms with Crippen LogP contribution in [0.3, 0.4) is 0 Å². The van der Waals surface area contributed by atoms with Gasteiger partial charge in [0, 0.05) is 11.6 Å². The van der Waals surface area contributed by atoms with Gasteiger partial charge in [-0.3, -0.25) is 9.89 Å². The van der Waals surface area contributed by atoms with Crippen LogP contribution >= 0.6 is 11.8 Å². The zero-order valence-electron chi connectivity index (χ0n) is 12.7. The zero-order chi connectivity index (χ0) is 15.4. The van der Waals surface area contributed by atoms with Crippen LogP contribution in [0, 0.1) is 6.92 Å². The van der Waals surface area contributed by atoms with E-state index in [0.717, 1.165) is 17.1 Å². The van der Waals surface area contributed by atoms with E-state index < -0.39 is 0 Å². The molecule has 1 aromatic carbocycles. The second-order valence-electron chi connectivity index (χ2n) is 5.22. The predicted molar refractivity (Wildman–Crippen MR) is 85.6 cm³/mol. The van der Waals surface area contributed by atoms with Gasteiger partial charge in [0.15, 0.2) is 0 Å². The quantitative estimate of drug-likeness (QED) is 0.831. The smallest absolute Gasteiger partial charge is 0.237 e. The van der Waals surface area contributed by atoms with E-state index in [0.29, 0.717) is 11.1 Å². The Balaban J connectivity index is 1.97. The molecule has 1 amide bonds. The molecular weight excluding hydrogens is 284 g/mol. The summed E-state index contributed by atoms with van der Waals surface area (Å²) in [5.74, 6) is 1.08. The summed E-state index contributed by atoms with van der Waals surface area (Å²) in [5, 5.41) is 10.3. The Morgan fingerprint density at radius 1 is 1.29 bits per heavy atom. The second-order valence-corrected chi connectivity index (χ2v) is 6.53. The van der Waals surface area contributed by atoms with Crippen molar-refractivity contribution in [1.82, 2.24) is 15.2 Å². The molecule has 6 heteroatoms. The molecule has 0 spiro atoms. The molecule has 21 heavy (non-hydrogen) atoms. The Labute approximate surface area is 128 Å². The molecule has 1 aromatic heterocycles. The van der Waals surface area contributed by atoms with Crippen LogP contribution in [0.15, 0.2) is 29.4 Å². The molecule has 1 unspecified atom stereocenters. The SMILES string of the molecule is Cc1ccccc1NC(=O)C(C)Sc1n[nH]c(C(C)C)n1. The maximum atomic E-state index is 12.2. The van der Waals surface area contributed by atoms with Gasteiger partial charge in [-0.05, 0) is 25.5 Å². The standard InChI is InChI=1S/C15H20N4OS/c1-9(2)13-17-15(19-18-13)21-11(4)14(20)16-12-8-6-5-7-10(12)3/h5-9,11H,1-4H3,(H,16,20)(H,17,18,19). The number of thioether (sulfide) groups is 1. The van der Waals surface area contributed by atoms with E-state index in [2.05, 4.69) is 20.5 Å². The fraction of sp³-hybridized carbons (Fsp3) is 0.400. The second kappa shape index (κ2) is 6.76. The Kier molecular flexibility index (Phi) is 5.01. The first-order chi connectivity index (χ1) is 9.97. The van der Waals surface area contributed by atoms with E-state index >= 15 is 0 Å². The number of hydrogen-bond donors (Lipinski definition) is 2. The van der Waals surface area contributed by atoms with Gasteiger partial charge >= 0.3 is 0 Å². The van der Waals surface area contributed by atoms with E-state index in [1.807, 2.05) is 52.0 Å². The molecule has 112 valence electrons. The van der Waals surface area contributed by atoms with E-state index in [4.69, 9.17) is 0 Å². The fourth-order valence-corrected chi connectivity index (χ4v) is 2.46. The van der Waals surface area contributed by atoms with Crippen molar-refractivity contribution in [1.29, 1.82) is 0 Å². The Morgan fingerprint density at radius 3 is 2.62 bits per heavy atom. The number of carbonyl (C=O) groups is 1. The molecule has 1 atom stereocenters. The number of aryl methyl sites for hydroxylation is 1. The maximum absolute atomic E-state index is 12.2. The average Bonchev–Trinajstić information content (AvgIpc) is 2.90. The van der Waals surface area contributed by atoms with E-state index in [1.165, 1.54) is 11.8 Å². The molecule has 2 aromatic rings. The number of amides is 1. The largest absolute Gasteiger partial charge is 0.325 e. The monoisotopic (exact) mass is 304 g/mol. The number of carbonyl (C=O) groups excluding carboxylic acids is 1. The van der Waals surface area contributed by atoms with Gasteiger partial charge in [0.1, 0.15) is 5.82 Å². The topological polar surface area (TPSA) is 70.7 Å². The highest BCUT2D eigenvalue weighted by molar-refractivity contribution is 8.00. The maximum Gasteiger partial charge on any atom is 0.237 e. The molecule has 2 N–H and O–H groups in total. The summed E-state index contributed by atoms with van der Waals surface area (Å²) >= 11 is 1.35. The van der Waals surface area contributed by atoms with Crippen LogP contribution in [0.4, 0.5) is 5.69 Å². The van der Waals surface area contributed by atoms with Crippen molar-refractivity contribution in [2.75, 3.05) is 5.32 Å². The van der Waals surface area contributed by atoms with Gasteiger partial charge < -0.3 is 5.32 Å². The average molecular weight is 304 g/mol. The lowest BCUT2D eigenvalue weighted by Gasteiger charge is -2.11. The van der Waals surface area contributed by atoms with Crippen molar-refractivity contribution in [2.45, 2.75) is 44.0 Å². The minimum Gasteiger partial charge on any atom is -0.325 e. The molecule has 0 radical (unpaired) electrons. The molecule has 0 aliphatic heterocycles. The van der Waals surface area contributed by atoms with Gasteiger partial charge in [-0.15, -0.1) is 5.10 Å². The van der Waals surface area contributed by atoms with Crippen LogP contribution in [0.2, 0.25) is 0 Å². The van der Waals surface area contributed by atoms with Gasteiger partial charge in [0.05, 0.1) is 5.25 Å². The minimum atomic E-state index is -0.264. The Morgan fingerprint density at radius 2 is 2.00 bits per heavy atom. The van der Waals surface area contributed by atoms with Gasteiger partial charge in [0.25, 0.3) is 0 Å². The number of H-pyrrole nitrogens is 1. The summed E-state index contributed by atoms with van der Waals surface area (Å²) in [4.78, 5) is 16.6. The third-order valence-electron chi connectivity index (χ3n) is 3.08. The van der Waals surface area contributed by atoms with Crippen molar-refractivity contribution >= 4 is 23.4 Å². The highest BCUT2D eigenvalue weighted by Gasteiger charge is 2.18. The molecular formula is C15H20N4OS. The normalized spacial score (nSPS) is 12.4. The van der Waals surface area contributed by atoms with Crippen molar-refractivity contribution < 1.29 is 4.79 Å². The lowest BCUT2D eigenvalue weighted by atomic mass is 10.2. The lowest BCUT2D eigenvalue weighted by Crippen LogP contribution is -2.22. The Bertz CT molecular complexity index is 624. The van der Waals surface area contributed by atoms with Crippen molar-refractivity contribution in [3.63, 3.8) is 0 Å². The molecule has 0 saturated carbocycles. The summed E-state index contributed by atoms with van der Waals surface area (Å²) in [6.45, 7) is 7.91. The fourth-order valence-electron chi connectivity index (χ4n) is 1.73. The van der Waals surface area contributed by atoms with Crippen molar-refractivity contribution in [2.24, 2.45) is 0 Å². The molecule has 0 saturated heterocycles. The number of nitrogens with one attached hydrogen (secondary N) is 2. The van der Waals surface area contributed by atoms with Crippen LogP contribution in [-0.2, 0) is 4.79 Å². The van der Waals surface area contributed by atoms with Crippen LogP contribution < -0.4 is 5.32 Å². The summed E-state index contributed by atoms with van der Waals surface area (Å²) in [5.41, 5.74) is 1.89. The van der Waals surface area contributed by atoms with Gasteiger partial charge in [0.2, 0.25) is 11.1 Å². The number of anilines is 1. The van der Waals surface area contributed by atoms with Gasteiger partial charge in [-0.25, -0.2) is 4.98 Å². The van der Waals surface area contributed by atoms with E-state index in [-0.39, 0.29) is 11.2 Å². The molecule has 1 heterocycles. The minimum absolute atomic E-state index is 0.0507. The number of aromatic amines is 1. The number of para-hydroxylation sites is 1. The number of hydrogen-bond acceptors (Lipinski definition) is 4. The third-order valence-corrected chi connectivity index (χ3v) is 4.04. The highest BCUT2D eigenvalue weighted by atomic mass is 32.2. The van der Waals surface area contributed by atoms with E-state index in [1.54, 1.807) is 0 Å². The van der Waals surface area contributed by atoms with Gasteiger partial charge in [-0.2, -0.15) is 0 Å². The first-order valence-electron chi connectivity index (χ1n) is 6.93. The van der Waals surface area contributed by atoms with Crippen LogP contribution in [-0.4, -0.2) is 26.3 Å². The number of benzene rings is 1. The predicted octanol–water partition coefficient (Wildman–Crippen LogP) is 3.36. The molecule has 0 fully saturated rings. The molecule has 0 aliphatic rings. The summed E-state index contributed by atoms with van der Waals surface area (Å²) < 4.78 is 0. The molecule has 2 rings (SSSR count). The molecule has 0 aliphatic carbocycles. The summed E-state index contributed by atoms with van der Waals surface area (Å²) in [6, 6.07) is 7.72. The lowest BCUT2D eigenvalue weighted by molar-refractivity contribution is -0.115. The Hall–Kier alpha value is -1.82. The first kappa shape index (κ1) is 15.6. The third kappa shape index (κ3) is 4.07. The van der Waals surface area contributed by atoms with Crippen LogP contribution in [0.5, 0.6) is 0 Å². The van der Waals surface area contributed by atoms with Crippen LogP contribution in [0.25, 0.3) is 0 Å². The van der Waals surface area contributed by atoms with Crippen molar-refractivity contribution in [3.8, 4) is 0 Å². The summed E-state index contributed by atoms with van der Waals surface area (Å²) in [7, 11) is 0. The van der Waals surface area contributed by atoms with Crippen molar-refractivity contribution in [3.05, 3.63) is 35.7 Å².